The fourth-order valence-corrected chi connectivity index (χ4v) is 4.64. The van der Waals surface area contributed by atoms with Crippen LogP contribution in [-0.4, -0.2) is 35.4 Å². The molecule has 4 aromatic carbocycles. The van der Waals surface area contributed by atoms with Crippen LogP contribution in [0.5, 0.6) is 11.5 Å². The molecule has 0 aromatic heterocycles. The van der Waals surface area contributed by atoms with Crippen LogP contribution in [-0.2, 0) is 27.4 Å². The van der Waals surface area contributed by atoms with Gasteiger partial charge in [0.2, 0.25) is 0 Å². The van der Waals surface area contributed by atoms with Gasteiger partial charge in [-0.2, -0.15) is 26.3 Å². The quantitative estimate of drug-likeness (QED) is 0.176. The summed E-state index contributed by atoms with van der Waals surface area (Å²) in [6, 6.07) is 17.3. The summed E-state index contributed by atoms with van der Waals surface area (Å²) in [5.41, 5.74) is 0.178. The zero-order valence-electron chi connectivity index (χ0n) is 25.5. The van der Waals surface area contributed by atoms with Gasteiger partial charge in [0.05, 0.1) is 21.2 Å². The highest BCUT2D eigenvalue weighted by molar-refractivity contribution is 6.43. The number of carboxylic acids is 2. The Morgan fingerprint density at radius 2 is 1.06 bits per heavy atom. The third kappa shape index (κ3) is 10.3. The Morgan fingerprint density at radius 1 is 0.625 bits per heavy atom. The molecule has 0 bridgehead atoms. The Bertz CT molecular complexity index is 1760. The number of aliphatic carboxylic acids is 2. The van der Waals surface area contributed by atoms with E-state index in [1.165, 1.54) is 18.2 Å². The molecular formula is C34H28Cl2F6O6. The van der Waals surface area contributed by atoms with Crippen LogP contribution in [0.3, 0.4) is 0 Å². The molecule has 0 aliphatic rings. The summed E-state index contributed by atoms with van der Waals surface area (Å²) in [6.45, 7) is 4.78. The van der Waals surface area contributed by atoms with E-state index in [4.69, 9.17) is 42.9 Å². The third-order valence-corrected chi connectivity index (χ3v) is 7.44. The van der Waals surface area contributed by atoms with Crippen molar-refractivity contribution in [3.8, 4) is 33.8 Å². The van der Waals surface area contributed by atoms with Crippen LogP contribution in [0.1, 0.15) is 37.5 Å². The van der Waals surface area contributed by atoms with Crippen molar-refractivity contribution in [2.45, 2.75) is 38.5 Å². The van der Waals surface area contributed by atoms with E-state index in [-0.39, 0.29) is 43.6 Å². The van der Waals surface area contributed by atoms with Gasteiger partial charge in [0.1, 0.15) is 11.5 Å². The smallest absolute Gasteiger partial charge is 0.416 e. The molecule has 0 aliphatic heterocycles. The molecule has 0 amide bonds. The summed E-state index contributed by atoms with van der Waals surface area (Å²) in [7, 11) is 0. The molecule has 256 valence electrons. The Balaban J connectivity index is 0.000000261. The number of halogens is 8. The SMILES string of the molecule is CC(C)(C)c1ccc(-c2cc(C(F)(F)F)ccc2OCC(=O)O)cc1.O=C(O)COc1ccc(C(F)(F)F)cc1-c1cccc(Cl)c1Cl. The fourth-order valence-electron chi connectivity index (χ4n) is 4.24. The minimum Gasteiger partial charge on any atom is -0.481 e. The molecule has 0 fully saturated rings. The Kier molecular flexibility index (Phi) is 12.0. The molecule has 0 aliphatic carbocycles. The van der Waals surface area contributed by atoms with Crippen LogP contribution < -0.4 is 9.47 Å². The number of carboxylic acid groups (broad SMARTS) is 2. The third-order valence-electron chi connectivity index (χ3n) is 6.62. The molecule has 0 radical (unpaired) electrons. The molecule has 0 spiro atoms. The molecule has 0 saturated heterocycles. The highest BCUT2D eigenvalue weighted by Crippen LogP contribution is 2.42. The van der Waals surface area contributed by atoms with Crippen molar-refractivity contribution in [3.63, 3.8) is 0 Å². The van der Waals surface area contributed by atoms with Crippen molar-refractivity contribution in [1.82, 2.24) is 0 Å². The van der Waals surface area contributed by atoms with Crippen LogP contribution in [0.15, 0.2) is 78.9 Å². The first-order valence-corrected chi connectivity index (χ1v) is 14.6. The van der Waals surface area contributed by atoms with Crippen molar-refractivity contribution in [1.29, 1.82) is 0 Å². The molecule has 14 heteroatoms. The van der Waals surface area contributed by atoms with Crippen molar-refractivity contribution < 1.29 is 55.6 Å². The Hall–Kier alpha value is -4.42. The molecular weight excluding hydrogens is 689 g/mol. The second-order valence-electron chi connectivity index (χ2n) is 11.2. The van der Waals surface area contributed by atoms with E-state index in [0.717, 1.165) is 42.0 Å². The van der Waals surface area contributed by atoms with Gasteiger partial charge in [-0.3, -0.25) is 0 Å². The lowest BCUT2D eigenvalue weighted by Gasteiger charge is -2.20. The lowest BCUT2D eigenvalue weighted by Crippen LogP contribution is -2.11. The molecule has 2 N–H and O–H groups in total. The number of benzene rings is 4. The van der Waals surface area contributed by atoms with E-state index in [2.05, 4.69) is 0 Å². The molecule has 0 heterocycles. The van der Waals surface area contributed by atoms with E-state index >= 15 is 0 Å². The van der Waals surface area contributed by atoms with Crippen LogP contribution >= 0.6 is 23.2 Å². The van der Waals surface area contributed by atoms with Crippen LogP contribution in [0, 0.1) is 0 Å². The first kappa shape index (κ1) is 38.0. The van der Waals surface area contributed by atoms with E-state index in [1.54, 1.807) is 12.1 Å². The number of carbonyl (C=O) groups is 2. The molecule has 0 unspecified atom stereocenters. The number of alkyl halides is 6. The van der Waals surface area contributed by atoms with Gasteiger partial charge in [-0.15, -0.1) is 0 Å². The van der Waals surface area contributed by atoms with Crippen molar-refractivity contribution in [2.75, 3.05) is 13.2 Å². The maximum Gasteiger partial charge on any atom is 0.416 e. The number of rotatable bonds is 8. The number of hydrogen-bond acceptors (Lipinski definition) is 4. The summed E-state index contributed by atoms with van der Waals surface area (Å²) >= 11 is 11.9. The lowest BCUT2D eigenvalue weighted by molar-refractivity contribution is -0.140. The Morgan fingerprint density at radius 3 is 1.50 bits per heavy atom. The summed E-state index contributed by atoms with van der Waals surface area (Å²) in [6.07, 6.45) is -9.06. The number of hydrogen-bond donors (Lipinski definition) is 2. The normalized spacial score (nSPS) is 11.7. The van der Waals surface area contributed by atoms with Gasteiger partial charge in [-0.1, -0.05) is 80.4 Å². The van der Waals surface area contributed by atoms with E-state index in [9.17, 15) is 35.9 Å². The van der Waals surface area contributed by atoms with Crippen molar-refractivity contribution >= 4 is 35.1 Å². The average molecular weight is 717 g/mol. The first-order chi connectivity index (χ1) is 22.2. The summed E-state index contributed by atoms with van der Waals surface area (Å²) in [4.78, 5) is 21.3. The average Bonchev–Trinajstić information content (AvgIpc) is 2.99. The maximum atomic E-state index is 13.0. The fraction of sp³-hybridized carbons (Fsp3) is 0.235. The summed E-state index contributed by atoms with van der Waals surface area (Å²) in [5.74, 6) is -2.40. The predicted molar refractivity (Wildman–Crippen MR) is 169 cm³/mol. The van der Waals surface area contributed by atoms with Crippen LogP contribution in [0.4, 0.5) is 26.3 Å². The zero-order chi connectivity index (χ0) is 36.0. The zero-order valence-corrected chi connectivity index (χ0v) is 27.0. The highest BCUT2D eigenvalue weighted by Gasteiger charge is 2.32. The van der Waals surface area contributed by atoms with Gasteiger partial charge in [0, 0.05) is 16.7 Å². The van der Waals surface area contributed by atoms with Gasteiger partial charge < -0.3 is 19.7 Å². The standard InChI is InChI=1S/C19H19F3O3.C15H9Cl2F3O3/c1-18(2,3)13-6-4-12(5-7-13)15-10-14(19(20,21)22)8-9-16(15)25-11-17(23)24;16-11-3-1-2-9(14(11)17)10-6-8(15(18,19)20)4-5-12(10)23-7-13(21)22/h4-10H,11H2,1-3H3,(H,23,24);1-6H,7H2,(H,21,22). The van der Waals surface area contributed by atoms with Crippen molar-refractivity contribution in [3.05, 3.63) is 106 Å². The van der Waals surface area contributed by atoms with Gasteiger partial charge in [0.15, 0.2) is 13.2 Å². The van der Waals surface area contributed by atoms with E-state index in [0.29, 0.717) is 5.56 Å². The summed E-state index contributed by atoms with van der Waals surface area (Å²) < 4.78 is 88.0. The highest BCUT2D eigenvalue weighted by atomic mass is 35.5. The number of ether oxygens (including phenoxy) is 2. The first-order valence-electron chi connectivity index (χ1n) is 13.9. The maximum absolute atomic E-state index is 13.0. The summed E-state index contributed by atoms with van der Waals surface area (Å²) in [5, 5.41) is 17.6. The molecule has 48 heavy (non-hydrogen) atoms. The second-order valence-corrected chi connectivity index (χ2v) is 12.0. The Labute approximate surface area is 281 Å². The lowest BCUT2D eigenvalue weighted by atomic mass is 9.86. The van der Waals surface area contributed by atoms with Crippen LogP contribution in [0.25, 0.3) is 22.3 Å². The largest absolute Gasteiger partial charge is 0.481 e. The molecule has 4 aromatic rings. The topological polar surface area (TPSA) is 93.1 Å². The predicted octanol–water partition coefficient (Wildman–Crippen LogP) is 10.3. The van der Waals surface area contributed by atoms with Gasteiger partial charge in [-0.25, -0.2) is 9.59 Å². The van der Waals surface area contributed by atoms with Gasteiger partial charge >= 0.3 is 24.3 Å². The van der Waals surface area contributed by atoms with Crippen LogP contribution in [0.2, 0.25) is 10.0 Å². The second kappa shape index (κ2) is 15.2. The minimum atomic E-state index is -4.56. The van der Waals surface area contributed by atoms with E-state index < -0.39 is 48.6 Å². The van der Waals surface area contributed by atoms with Gasteiger partial charge in [-0.05, 0) is 59.0 Å². The minimum absolute atomic E-state index is 0.00794. The molecule has 0 saturated carbocycles. The molecule has 0 atom stereocenters. The van der Waals surface area contributed by atoms with Crippen molar-refractivity contribution in [2.24, 2.45) is 0 Å². The molecule has 4 rings (SSSR count). The van der Waals surface area contributed by atoms with Gasteiger partial charge in [0.25, 0.3) is 0 Å². The molecule has 6 nitrogen and oxygen atoms in total. The van der Waals surface area contributed by atoms with E-state index in [1.807, 2.05) is 32.9 Å². The monoisotopic (exact) mass is 716 g/mol.